The molecule has 1 saturated heterocycles. The SMILES string of the molecule is Cc1ccc2nc(CN=C(N)N3CCCCCC3)cn2c1.I. The van der Waals surface area contributed by atoms with Crippen LogP contribution in [0.3, 0.4) is 0 Å². The van der Waals surface area contributed by atoms with Crippen LogP contribution in [0.5, 0.6) is 0 Å². The highest BCUT2D eigenvalue weighted by Gasteiger charge is 2.11. The fourth-order valence-corrected chi connectivity index (χ4v) is 2.79. The van der Waals surface area contributed by atoms with Gasteiger partial charge in [0.05, 0.1) is 12.2 Å². The largest absolute Gasteiger partial charge is 0.370 e. The number of nitrogens with zero attached hydrogens (tertiary/aromatic N) is 4. The van der Waals surface area contributed by atoms with E-state index in [1.807, 2.05) is 16.7 Å². The molecule has 3 heterocycles. The van der Waals surface area contributed by atoms with Gasteiger partial charge in [-0.15, -0.1) is 24.0 Å². The van der Waals surface area contributed by atoms with E-state index in [2.05, 4.69) is 34.1 Å². The summed E-state index contributed by atoms with van der Waals surface area (Å²) in [5, 5.41) is 0. The zero-order chi connectivity index (χ0) is 14.7. The smallest absolute Gasteiger partial charge is 0.191 e. The van der Waals surface area contributed by atoms with E-state index < -0.39 is 0 Å². The molecule has 5 nitrogen and oxygen atoms in total. The second-order valence-electron chi connectivity index (χ2n) is 5.78. The zero-order valence-electron chi connectivity index (χ0n) is 13.0. The van der Waals surface area contributed by atoms with Gasteiger partial charge in [-0.05, 0) is 31.4 Å². The molecular formula is C16H24IN5. The first-order valence-electron chi connectivity index (χ1n) is 7.71. The lowest BCUT2D eigenvalue weighted by Gasteiger charge is -2.20. The molecule has 2 aromatic rings. The van der Waals surface area contributed by atoms with E-state index in [1.165, 1.54) is 31.2 Å². The molecule has 0 bridgehead atoms. The predicted molar refractivity (Wildman–Crippen MR) is 101 cm³/mol. The second-order valence-corrected chi connectivity index (χ2v) is 5.78. The van der Waals surface area contributed by atoms with Gasteiger partial charge < -0.3 is 15.0 Å². The Morgan fingerprint density at radius 1 is 1.18 bits per heavy atom. The van der Waals surface area contributed by atoms with Crippen molar-refractivity contribution in [3.8, 4) is 0 Å². The number of aliphatic imine (C=N–C) groups is 1. The molecule has 0 atom stereocenters. The Bertz CT molecular complexity index is 641. The van der Waals surface area contributed by atoms with Crippen molar-refractivity contribution in [1.82, 2.24) is 14.3 Å². The average Bonchev–Trinajstić information content (AvgIpc) is 2.69. The standard InChI is InChI=1S/C16H23N5.HI/c1-13-6-7-15-19-14(12-21(15)11-13)10-18-16(17)20-8-4-2-3-5-9-20;/h6-7,11-12H,2-5,8-10H2,1H3,(H2,17,18);1H. The van der Waals surface area contributed by atoms with Gasteiger partial charge in [0.15, 0.2) is 5.96 Å². The Labute approximate surface area is 148 Å². The minimum absolute atomic E-state index is 0. The fraction of sp³-hybridized carbons (Fsp3) is 0.500. The van der Waals surface area contributed by atoms with Crippen LogP contribution in [0.2, 0.25) is 0 Å². The van der Waals surface area contributed by atoms with Crippen LogP contribution in [-0.4, -0.2) is 33.3 Å². The van der Waals surface area contributed by atoms with Crippen LogP contribution in [0.15, 0.2) is 29.5 Å². The maximum Gasteiger partial charge on any atom is 0.191 e. The molecule has 6 heteroatoms. The van der Waals surface area contributed by atoms with Crippen LogP contribution in [0.4, 0.5) is 0 Å². The third-order valence-corrected chi connectivity index (χ3v) is 3.98. The molecule has 2 N–H and O–H groups in total. The van der Waals surface area contributed by atoms with Crippen molar-refractivity contribution >= 4 is 35.6 Å². The summed E-state index contributed by atoms with van der Waals surface area (Å²) in [7, 11) is 0. The number of imidazole rings is 1. The van der Waals surface area contributed by atoms with Gasteiger partial charge in [0.2, 0.25) is 0 Å². The number of nitrogens with two attached hydrogens (primary N) is 1. The van der Waals surface area contributed by atoms with Gasteiger partial charge in [-0.1, -0.05) is 18.9 Å². The van der Waals surface area contributed by atoms with Gasteiger partial charge in [-0.3, -0.25) is 0 Å². The van der Waals surface area contributed by atoms with Crippen LogP contribution in [0.1, 0.15) is 36.9 Å². The number of rotatable bonds is 2. The van der Waals surface area contributed by atoms with Crippen molar-refractivity contribution in [1.29, 1.82) is 0 Å². The Balaban J connectivity index is 0.00000176. The first-order valence-corrected chi connectivity index (χ1v) is 7.71. The van der Waals surface area contributed by atoms with Crippen LogP contribution in [0.25, 0.3) is 5.65 Å². The molecule has 2 aromatic heterocycles. The highest BCUT2D eigenvalue weighted by Crippen LogP contribution is 2.11. The van der Waals surface area contributed by atoms with Gasteiger partial charge in [0.25, 0.3) is 0 Å². The average molecular weight is 413 g/mol. The Morgan fingerprint density at radius 2 is 1.91 bits per heavy atom. The van der Waals surface area contributed by atoms with Crippen molar-refractivity contribution in [2.75, 3.05) is 13.1 Å². The molecule has 1 aliphatic heterocycles. The molecule has 3 rings (SSSR count). The number of hydrogen-bond donors (Lipinski definition) is 1. The molecule has 0 saturated carbocycles. The lowest BCUT2D eigenvalue weighted by atomic mass is 10.2. The van der Waals surface area contributed by atoms with Crippen molar-refractivity contribution < 1.29 is 0 Å². The molecule has 0 spiro atoms. The molecule has 0 unspecified atom stereocenters. The number of likely N-dealkylation sites (tertiary alicyclic amines) is 1. The van der Waals surface area contributed by atoms with Crippen LogP contribution < -0.4 is 5.73 Å². The van der Waals surface area contributed by atoms with E-state index >= 15 is 0 Å². The number of aromatic nitrogens is 2. The Kier molecular flexibility index (Phi) is 6.05. The minimum Gasteiger partial charge on any atom is -0.370 e. The molecule has 1 fully saturated rings. The summed E-state index contributed by atoms with van der Waals surface area (Å²) in [6, 6.07) is 4.10. The zero-order valence-corrected chi connectivity index (χ0v) is 15.4. The van der Waals surface area contributed by atoms with Crippen molar-refractivity contribution in [3.63, 3.8) is 0 Å². The van der Waals surface area contributed by atoms with Gasteiger partial charge in [-0.2, -0.15) is 0 Å². The van der Waals surface area contributed by atoms with Crippen molar-refractivity contribution in [2.45, 2.75) is 39.2 Å². The summed E-state index contributed by atoms with van der Waals surface area (Å²) in [6.45, 7) is 4.68. The summed E-state index contributed by atoms with van der Waals surface area (Å²) in [4.78, 5) is 11.3. The molecule has 0 aromatic carbocycles. The highest BCUT2D eigenvalue weighted by atomic mass is 127. The quantitative estimate of drug-likeness (QED) is 0.468. The number of halogens is 1. The maximum absolute atomic E-state index is 6.13. The summed E-state index contributed by atoms with van der Waals surface area (Å²) in [6.07, 6.45) is 9.13. The van der Waals surface area contributed by atoms with E-state index in [9.17, 15) is 0 Å². The normalized spacial score (nSPS) is 16.4. The van der Waals surface area contributed by atoms with Crippen LogP contribution in [0, 0.1) is 6.92 Å². The summed E-state index contributed by atoms with van der Waals surface area (Å²) >= 11 is 0. The van der Waals surface area contributed by atoms with Gasteiger partial charge in [-0.25, -0.2) is 9.98 Å². The van der Waals surface area contributed by atoms with Gasteiger partial charge in [0, 0.05) is 25.5 Å². The predicted octanol–water partition coefficient (Wildman–Crippen LogP) is 2.95. The number of guanidine groups is 1. The molecule has 0 radical (unpaired) electrons. The Hall–Kier alpha value is -1.31. The topological polar surface area (TPSA) is 58.9 Å². The third-order valence-electron chi connectivity index (χ3n) is 3.98. The van der Waals surface area contributed by atoms with Gasteiger partial charge in [0.1, 0.15) is 5.65 Å². The van der Waals surface area contributed by atoms with Crippen LogP contribution in [-0.2, 0) is 6.54 Å². The third kappa shape index (κ3) is 4.12. The highest BCUT2D eigenvalue weighted by molar-refractivity contribution is 14.0. The molecule has 0 amide bonds. The monoisotopic (exact) mass is 413 g/mol. The first-order chi connectivity index (χ1) is 10.2. The number of pyridine rings is 1. The van der Waals surface area contributed by atoms with E-state index in [1.54, 1.807) is 0 Å². The van der Waals surface area contributed by atoms with Crippen LogP contribution >= 0.6 is 24.0 Å². The first kappa shape index (κ1) is 17.1. The number of aryl methyl sites for hydroxylation is 1. The molecule has 120 valence electrons. The summed E-state index contributed by atoms with van der Waals surface area (Å²) < 4.78 is 2.04. The van der Waals surface area contributed by atoms with E-state index in [4.69, 9.17) is 5.73 Å². The molecular weight excluding hydrogens is 389 g/mol. The Morgan fingerprint density at radius 3 is 2.64 bits per heavy atom. The molecule has 22 heavy (non-hydrogen) atoms. The van der Waals surface area contributed by atoms with Gasteiger partial charge >= 0.3 is 0 Å². The van der Waals surface area contributed by atoms with Crippen molar-refractivity contribution in [2.24, 2.45) is 10.7 Å². The van der Waals surface area contributed by atoms with Crippen molar-refractivity contribution in [3.05, 3.63) is 35.8 Å². The lowest BCUT2D eigenvalue weighted by molar-refractivity contribution is 0.428. The fourth-order valence-electron chi connectivity index (χ4n) is 2.79. The summed E-state index contributed by atoms with van der Waals surface area (Å²) in [5.74, 6) is 0.658. The summed E-state index contributed by atoms with van der Waals surface area (Å²) in [5.41, 5.74) is 9.26. The van der Waals surface area contributed by atoms with E-state index in [-0.39, 0.29) is 24.0 Å². The minimum atomic E-state index is 0. The molecule has 0 aliphatic carbocycles. The number of fused-ring (bicyclic) bond motifs is 1. The maximum atomic E-state index is 6.13. The van der Waals surface area contributed by atoms with E-state index in [0.29, 0.717) is 12.5 Å². The van der Waals surface area contributed by atoms with E-state index in [0.717, 1.165) is 24.4 Å². The molecule has 1 aliphatic rings. The second kappa shape index (κ2) is 7.80. The number of hydrogen-bond acceptors (Lipinski definition) is 2. The lowest BCUT2D eigenvalue weighted by Crippen LogP contribution is -2.38.